The first kappa shape index (κ1) is 12.3. The molecule has 16 heavy (non-hydrogen) atoms. The Morgan fingerprint density at radius 1 is 1.25 bits per heavy atom. The van der Waals surface area contributed by atoms with E-state index in [9.17, 15) is 8.42 Å². The van der Waals surface area contributed by atoms with Crippen molar-refractivity contribution in [2.24, 2.45) is 0 Å². The Kier molecular flexibility index (Phi) is 3.56. The summed E-state index contributed by atoms with van der Waals surface area (Å²) in [6.45, 7) is 0.625. The largest absolute Gasteiger partial charge is 0.375 e. The first-order chi connectivity index (χ1) is 7.49. The number of hydrogen-bond acceptors (Lipinski definition) is 4. The van der Waals surface area contributed by atoms with E-state index < -0.39 is 10.1 Å². The molecule has 1 heterocycles. The van der Waals surface area contributed by atoms with Gasteiger partial charge in [0.25, 0.3) is 10.1 Å². The van der Waals surface area contributed by atoms with Crippen molar-refractivity contribution in [1.29, 1.82) is 0 Å². The van der Waals surface area contributed by atoms with E-state index in [1.54, 1.807) is 0 Å². The molecular weight excluding hydrogens is 228 g/mol. The highest BCUT2D eigenvalue weighted by atomic mass is 32.2. The van der Waals surface area contributed by atoms with Gasteiger partial charge in [0.15, 0.2) is 0 Å². The molecule has 2 aliphatic rings. The fraction of sp³-hybridized carbons (Fsp3) is 1.00. The first-order valence-electron chi connectivity index (χ1n) is 6.01. The van der Waals surface area contributed by atoms with Crippen molar-refractivity contribution < 1.29 is 17.3 Å². The Balaban J connectivity index is 1.98. The summed E-state index contributed by atoms with van der Waals surface area (Å²) in [5.41, 5.74) is -0.0914. The second-order valence-electron chi connectivity index (χ2n) is 5.01. The van der Waals surface area contributed by atoms with Crippen molar-refractivity contribution in [3.63, 3.8) is 0 Å². The molecule has 94 valence electrons. The lowest BCUT2D eigenvalue weighted by molar-refractivity contribution is -0.128. The van der Waals surface area contributed by atoms with Gasteiger partial charge in [0.05, 0.1) is 18.0 Å². The van der Waals surface area contributed by atoms with Crippen molar-refractivity contribution in [3.8, 4) is 0 Å². The summed E-state index contributed by atoms with van der Waals surface area (Å²) < 4.78 is 33.2. The topological polar surface area (TPSA) is 52.6 Å². The van der Waals surface area contributed by atoms with Gasteiger partial charge in [0.1, 0.15) is 0 Å². The van der Waals surface area contributed by atoms with E-state index in [0.717, 1.165) is 25.5 Å². The van der Waals surface area contributed by atoms with Crippen LogP contribution in [-0.4, -0.2) is 33.0 Å². The van der Waals surface area contributed by atoms with Gasteiger partial charge >= 0.3 is 0 Å². The fourth-order valence-electron chi connectivity index (χ4n) is 2.86. The smallest absolute Gasteiger partial charge is 0.264 e. The van der Waals surface area contributed by atoms with Crippen LogP contribution in [0.25, 0.3) is 0 Å². The molecule has 2 rings (SSSR count). The lowest BCUT2D eigenvalue weighted by Gasteiger charge is -2.42. The van der Waals surface area contributed by atoms with E-state index in [4.69, 9.17) is 8.92 Å². The van der Waals surface area contributed by atoms with Gasteiger partial charge in [-0.1, -0.05) is 19.3 Å². The van der Waals surface area contributed by atoms with E-state index in [0.29, 0.717) is 13.0 Å². The zero-order chi connectivity index (χ0) is 11.6. The predicted molar refractivity (Wildman–Crippen MR) is 60.7 cm³/mol. The van der Waals surface area contributed by atoms with Crippen LogP contribution in [0.4, 0.5) is 0 Å². The highest BCUT2D eigenvalue weighted by Crippen LogP contribution is 2.39. The van der Waals surface area contributed by atoms with E-state index in [1.165, 1.54) is 19.3 Å². The standard InChI is InChI=1S/C11H20O4S/c1-16(12,13)15-10-5-8-14-11(9-10)6-3-2-4-7-11/h10H,2-9H2,1H3/t10-/m0/s1. The summed E-state index contributed by atoms with van der Waals surface area (Å²) in [7, 11) is -3.33. The monoisotopic (exact) mass is 248 g/mol. The van der Waals surface area contributed by atoms with Crippen molar-refractivity contribution in [3.05, 3.63) is 0 Å². The molecule has 1 aliphatic carbocycles. The van der Waals surface area contributed by atoms with E-state index >= 15 is 0 Å². The lowest BCUT2D eigenvalue weighted by atomic mass is 9.79. The molecule has 0 aromatic rings. The zero-order valence-electron chi connectivity index (χ0n) is 9.78. The van der Waals surface area contributed by atoms with Crippen LogP contribution < -0.4 is 0 Å². The number of rotatable bonds is 2. The minimum absolute atomic E-state index is 0.0914. The average molecular weight is 248 g/mol. The number of ether oxygens (including phenoxy) is 1. The van der Waals surface area contributed by atoms with Gasteiger partial charge in [-0.15, -0.1) is 0 Å². The second-order valence-corrected chi connectivity index (χ2v) is 6.61. The van der Waals surface area contributed by atoms with Crippen molar-refractivity contribution in [2.45, 2.75) is 56.7 Å². The van der Waals surface area contributed by atoms with Crippen molar-refractivity contribution in [2.75, 3.05) is 12.9 Å². The minimum atomic E-state index is -3.33. The second kappa shape index (κ2) is 4.63. The number of hydrogen-bond donors (Lipinski definition) is 0. The van der Waals surface area contributed by atoms with Crippen LogP contribution in [0.15, 0.2) is 0 Å². The molecule has 1 saturated carbocycles. The maximum atomic E-state index is 11.1. The Bertz CT molecular complexity index is 324. The normalized spacial score (nSPS) is 30.4. The van der Waals surface area contributed by atoms with Crippen LogP contribution >= 0.6 is 0 Å². The maximum Gasteiger partial charge on any atom is 0.264 e. The molecule has 1 saturated heterocycles. The van der Waals surface area contributed by atoms with E-state index in [2.05, 4.69) is 0 Å². The summed E-state index contributed by atoms with van der Waals surface area (Å²) in [6.07, 6.45) is 8.11. The molecular formula is C11H20O4S. The van der Waals surface area contributed by atoms with Gasteiger partial charge in [-0.3, -0.25) is 4.18 Å². The molecule has 0 aromatic carbocycles. The van der Waals surface area contributed by atoms with Gasteiger partial charge in [-0.25, -0.2) is 0 Å². The molecule has 5 heteroatoms. The summed E-state index contributed by atoms with van der Waals surface area (Å²) in [5, 5.41) is 0. The van der Waals surface area contributed by atoms with Gasteiger partial charge in [-0.05, 0) is 19.3 Å². The van der Waals surface area contributed by atoms with E-state index in [1.807, 2.05) is 0 Å². The van der Waals surface area contributed by atoms with Crippen LogP contribution in [-0.2, 0) is 19.0 Å². The molecule has 1 aliphatic heterocycles. The third kappa shape index (κ3) is 3.18. The molecule has 0 radical (unpaired) electrons. The predicted octanol–water partition coefficient (Wildman–Crippen LogP) is 1.84. The van der Waals surface area contributed by atoms with Crippen LogP contribution in [0, 0.1) is 0 Å². The van der Waals surface area contributed by atoms with Crippen LogP contribution in [0.3, 0.4) is 0 Å². The first-order valence-corrected chi connectivity index (χ1v) is 7.83. The zero-order valence-corrected chi connectivity index (χ0v) is 10.6. The summed E-state index contributed by atoms with van der Waals surface area (Å²) in [4.78, 5) is 0. The molecule has 0 bridgehead atoms. The maximum absolute atomic E-state index is 11.1. The molecule has 1 spiro atoms. The van der Waals surface area contributed by atoms with Crippen molar-refractivity contribution >= 4 is 10.1 Å². The molecule has 0 unspecified atom stereocenters. The third-order valence-corrected chi connectivity index (χ3v) is 4.15. The highest BCUT2D eigenvalue weighted by Gasteiger charge is 2.39. The van der Waals surface area contributed by atoms with Crippen LogP contribution in [0.1, 0.15) is 44.9 Å². The summed E-state index contributed by atoms with van der Waals surface area (Å²) in [6, 6.07) is 0. The van der Waals surface area contributed by atoms with Crippen molar-refractivity contribution in [1.82, 2.24) is 0 Å². The quantitative estimate of drug-likeness (QED) is 0.700. The average Bonchev–Trinajstić information content (AvgIpc) is 2.16. The van der Waals surface area contributed by atoms with Gasteiger partial charge < -0.3 is 4.74 Å². The molecule has 2 fully saturated rings. The molecule has 4 nitrogen and oxygen atoms in total. The SMILES string of the molecule is CS(=O)(=O)O[C@H]1CCOC2(CCCCC2)C1. The Labute approximate surface area is 97.4 Å². The highest BCUT2D eigenvalue weighted by molar-refractivity contribution is 7.86. The minimum Gasteiger partial charge on any atom is -0.375 e. The Morgan fingerprint density at radius 3 is 2.56 bits per heavy atom. The Morgan fingerprint density at radius 2 is 1.94 bits per heavy atom. The Hall–Kier alpha value is -0.130. The van der Waals surface area contributed by atoms with Crippen LogP contribution in [0.2, 0.25) is 0 Å². The molecule has 0 amide bonds. The third-order valence-electron chi connectivity index (χ3n) is 3.52. The lowest BCUT2D eigenvalue weighted by Crippen LogP contribution is -2.44. The van der Waals surface area contributed by atoms with E-state index in [-0.39, 0.29) is 11.7 Å². The van der Waals surface area contributed by atoms with Gasteiger partial charge in [0, 0.05) is 13.0 Å². The molecule has 0 aromatic heterocycles. The summed E-state index contributed by atoms with van der Waals surface area (Å²) >= 11 is 0. The fourth-order valence-corrected chi connectivity index (χ4v) is 3.52. The molecule has 0 N–H and O–H groups in total. The van der Waals surface area contributed by atoms with Gasteiger partial charge in [0.2, 0.25) is 0 Å². The van der Waals surface area contributed by atoms with Crippen LogP contribution in [0.5, 0.6) is 0 Å². The molecule has 1 atom stereocenters. The van der Waals surface area contributed by atoms with Gasteiger partial charge in [-0.2, -0.15) is 8.42 Å². The summed E-state index contributed by atoms with van der Waals surface area (Å²) in [5.74, 6) is 0.